The number of aromatic nitrogens is 6. The molecule has 1 aliphatic rings. The normalized spacial score (nSPS) is 16.5. The standard InChI is InChI=1S/C16H19N7O/c1-11-18-15(21-20-11)12-4-7-23(8-5-12)10-14-19-16(22-24-14)13-3-2-6-17-9-13/h2-3,6,9,12H,4-5,7-8,10H2,1H3,(H,18,20,21). The van der Waals surface area contributed by atoms with E-state index in [4.69, 9.17) is 4.52 Å². The van der Waals surface area contributed by atoms with E-state index < -0.39 is 0 Å². The second kappa shape index (κ2) is 6.48. The second-order valence-corrected chi connectivity index (χ2v) is 6.08. The number of likely N-dealkylation sites (tertiary alicyclic amines) is 1. The van der Waals surface area contributed by atoms with E-state index in [1.807, 2.05) is 19.1 Å². The van der Waals surface area contributed by atoms with Crippen LogP contribution in [0.1, 0.15) is 36.3 Å². The van der Waals surface area contributed by atoms with Crippen molar-refractivity contribution in [2.75, 3.05) is 13.1 Å². The summed E-state index contributed by atoms with van der Waals surface area (Å²) in [4.78, 5) is 15.3. The maximum atomic E-state index is 5.38. The minimum absolute atomic E-state index is 0.430. The van der Waals surface area contributed by atoms with Crippen LogP contribution in [0.2, 0.25) is 0 Å². The van der Waals surface area contributed by atoms with Gasteiger partial charge in [0.25, 0.3) is 0 Å². The lowest BCUT2D eigenvalue weighted by atomic mass is 9.96. The lowest BCUT2D eigenvalue weighted by Gasteiger charge is -2.29. The molecule has 24 heavy (non-hydrogen) atoms. The van der Waals surface area contributed by atoms with Crippen molar-refractivity contribution in [3.63, 3.8) is 0 Å². The Hall–Kier alpha value is -2.61. The number of hydrogen-bond donors (Lipinski definition) is 1. The molecule has 1 fully saturated rings. The summed E-state index contributed by atoms with van der Waals surface area (Å²) in [5.41, 5.74) is 0.867. The SMILES string of the molecule is Cc1nc(C2CCN(Cc3nc(-c4cccnc4)no3)CC2)n[nH]1. The molecule has 1 aliphatic heterocycles. The van der Waals surface area contributed by atoms with Gasteiger partial charge < -0.3 is 4.52 Å². The Kier molecular flexibility index (Phi) is 4.04. The van der Waals surface area contributed by atoms with E-state index in [2.05, 4.69) is 35.2 Å². The molecule has 0 spiro atoms. The van der Waals surface area contributed by atoms with Gasteiger partial charge in [0.15, 0.2) is 5.82 Å². The molecule has 1 saturated heterocycles. The summed E-state index contributed by atoms with van der Waals surface area (Å²) in [6, 6.07) is 3.78. The third-order valence-corrected chi connectivity index (χ3v) is 4.31. The van der Waals surface area contributed by atoms with Gasteiger partial charge in [-0.1, -0.05) is 5.16 Å². The van der Waals surface area contributed by atoms with Crippen LogP contribution in [0.4, 0.5) is 0 Å². The average molecular weight is 325 g/mol. The molecule has 0 unspecified atom stereocenters. The predicted octanol–water partition coefficient (Wildman–Crippen LogP) is 1.94. The first-order valence-electron chi connectivity index (χ1n) is 8.12. The van der Waals surface area contributed by atoms with Crippen LogP contribution in [-0.2, 0) is 6.54 Å². The number of H-pyrrole nitrogens is 1. The van der Waals surface area contributed by atoms with E-state index in [0.717, 1.165) is 43.1 Å². The Bertz CT molecular complexity index is 790. The molecular weight excluding hydrogens is 306 g/mol. The largest absolute Gasteiger partial charge is 0.338 e. The Labute approximate surface area is 139 Å². The van der Waals surface area contributed by atoms with E-state index in [1.54, 1.807) is 12.4 Å². The molecule has 0 bridgehead atoms. The van der Waals surface area contributed by atoms with Crippen LogP contribution in [0, 0.1) is 6.92 Å². The van der Waals surface area contributed by atoms with E-state index in [1.165, 1.54) is 0 Å². The first kappa shape index (κ1) is 14.9. The van der Waals surface area contributed by atoms with Crippen molar-refractivity contribution in [1.82, 2.24) is 35.2 Å². The summed E-state index contributed by atoms with van der Waals surface area (Å²) < 4.78 is 5.38. The van der Waals surface area contributed by atoms with Crippen LogP contribution in [0.3, 0.4) is 0 Å². The molecule has 0 saturated carbocycles. The number of rotatable bonds is 4. The van der Waals surface area contributed by atoms with Gasteiger partial charge in [0.1, 0.15) is 5.82 Å². The fourth-order valence-corrected chi connectivity index (χ4v) is 3.01. The lowest BCUT2D eigenvalue weighted by molar-refractivity contribution is 0.179. The molecule has 8 heteroatoms. The summed E-state index contributed by atoms with van der Waals surface area (Å²) in [6.45, 7) is 4.56. The summed E-state index contributed by atoms with van der Waals surface area (Å²) in [5.74, 6) is 3.47. The molecule has 4 rings (SSSR count). The van der Waals surface area contributed by atoms with E-state index in [9.17, 15) is 0 Å². The maximum absolute atomic E-state index is 5.38. The van der Waals surface area contributed by atoms with Crippen molar-refractivity contribution >= 4 is 0 Å². The summed E-state index contributed by atoms with van der Waals surface area (Å²) in [6.07, 6.45) is 5.55. The third kappa shape index (κ3) is 3.18. The number of nitrogens with zero attached hydrogens (tertiary/aromatic N) is 6. The van der Waals surface area contributed by atoms with Gasteiger partial charge in [-0.25, -0.2) is 4.98 Å². The number of aryl methyl sites for hydroxylation is 1. The molecule has 0 aromatic carbocycles. The Morgan fingerprint density at radius 1 is 1.29 bits per heavy atom. The van der Waals surface area contributed by atoms with Crippen LogP contribution in [-0.4, -0.2) is 48.3 Å². The zero-order valence-electron chi connectivity index (χ0n) is 13.5. The van der Waals surface area contributed by atoms with Gasteiger partial charge >= 0.3 is 0 Å². The van der Waals surface area contributed by atoms with Crippen molar-refractivity contribution in [1.29, 1.82) is 0 Å². The highest BCUT2D eigenvalue weighted by molar-refractivity contribution is 5.51. The van der Waals surface area contributed by atoms with Gasteiger partial charge in [0.2, 0.25) is 11.7 Å². The van der Waals surface area contributed by atoms with Gasteiger partial charge in [-0.05, 0) is 45.0 Å². The van der Waals surface area contributed by atoms with Crippen LogP contribution in [0.25, 0.3) is 11.4 Å². The van der Waals surface area contributed by atoms with Crippen LogP contribution in [0.5, 0.6) is 0 Å². The molecule has 4 heterocycles. The van der Waals surface area contributed by atoms with E-state index in [0.29, 0.717) is 24.2 Å². The molecule has 0 radical (unpaired) electrons. The lowest BCUT2D eigenvalue weighted by Crippen LogP contribution is -2.32. The Balaban J connectivity index is 1.35. The number of aromatic amines is 1. The highest BCUT2D eigenvalue weighted by atomic mass is 16.5. The minimum Gasteiger partial charge on any atom is -0.338 e. The highest BCUT2D eigenvalue weighted by Gasteiger charge is 2.24. The molecule has 0 aliphatic carbocycles. The van der Waals surface area contributed by atoms with Gasteiger partial charge in [-0.2, -0.15) is 10.1 Å². The molecule has 124 valence electrons. The fraction of sp³-hybridized carbons (Fsp3) is 0.438. The Morgan fingerprint density at radius 3 is 2.88 bits per heavy atom. The molecule has 3 aromatic heterocycles. The van der Waals surface area contributed by atoms with E-state index in [-0.39, 0.29) is 0 Å². The molecule has 0 amide bonds. The van der Waals surface area contributed by atoms with Crippen LogP contribution < -0.4 is 0 Å². The zero-order valence-corrected chi connectivity index (χ0v) is 13.5. The fourth-order valence-electron chi connectivity index (χ4n) is 3.01. The van der Waals surface area contributed by atoms with Gasteiger partial charge in [0.05, 0.1) is 6.54 Å². The molecule has 3 aromatic rings. The molecular formula is C16H19N7O. The summed E-state index contributed by atoms with van der Waals surface area (Å²) in [7, 11) is 0. The average Bonchev–Trinajstić information content (AvgIpc) is 3.26. The number of pyridine rings is 1. The number of hydrogen-bond acceptors (Lipinski definition) is 7. The first-order chi connectivity index (χ1) is 11.8. The minimum atomic E-state index is 0.430. The smallest absolute Gasteiger partial charge is 0.241 e. The van der Waals surface area contributed by atoms with Crippen LogP contribution in [0.15, 0.2) is 29.0 Å². The first-order valence-corrected chi connectivity index (χ1v) is 8.12. The predicted molar refractivity (Wildman–Crippen MR) is 85.9 cm³/mol. The number of piperidine rings is 1. The highest BCUT2D eigenvalue weighted by Crippen LogP contribution is 2.26. The number of nitrogens with one attached hydrogen (secondary N) is 1. The quantitative estimate of drug-likeness (QED) is 0.783. The molecule has 8 nitrogen and oxygen atoms in total. The topological polar surface area (TPSA) is 96.6 Å². The van der Waals surface area contributed by atoms with Crippen molar-refractivity contribution < 1.29 is 4.52 Å². The molecule has 0 atom stereocenters. The van der Waals surface area contributed by atoms with Gasteiger partial charge in [-0.15, -0.1) is 0 Å². The summed E-state index contributed by atoms with van der Waals surface area (Å²) >= 11 is 0. The third-order valence-electron chi connectivity index (χ3n) is 4.31. The van der Waals surface area contributed by atoms with Gasteiger partial charge in [-0.3, -0.25) is 15.0 Å². The van der Waals surface area contributed by atoms with E-state index >= 15 is 0 Å². The monoisotopic (exact) mass is 325 g/mol. The summed E-state index contributed by atoms with van der Waals surface area (Å²) in [5, 5.41) is 11.2. The second-order valence-electron chi connectivity index (χ2n) is 6.08. The van der Waals surface area contributed by atoms with Crippen LogP contribution >= 0.6 is 0 Å². The zero-order chi connectivity index (χ0) is 16.4. The Morgan fingerprint density at radius 2 is 2.17 bits per heavy atom. The van der Waals surface area contributed by atoms with Crippen molar-refractivity contribution in [3.8, 4) is 11.4 Å². The van der Waals surface area contributed by atoms with Crippen molar-refractivity contribution in [3.05, 3.63) is 42.1 Å². The maximum Gasteiger partial charge on any atom is 0.241 e. The van der Waals surface area contributed by atoms with Gasteiger partial charge in [0, 0.05) is 23.9 Å². The van der Waals surface area contributed by atoms with Crippen molar-refractivity contribution in [2.24, 2.45) is 0 Å². The van der Waals surface area contributed by atoms with Crippen molar-refractivity contribution in [2.45, 2.75) is 32.2 Å². The molecule has 1 N–H and O–H groups in total.